The van der Waals surface area contributed by atoms with E-state index in [-0.39, 0.29) is 5.97 Å². The topological polar surface area (TPSA) is 35.5 Å². The van der Waals surface area contributed by atoms with Crippen molar-refractivity contribution in [2.24, 2.45) is 0 Å². The SMILES string of the molecule is CO[C@@H](c1cccc(Cl)c1Cl)[C@H](C)OC(C)=O. The highest BCUT2D eigenvalue weighted by atomic mass is 35.5. The number of hydrogen-bond donors (Lipinski definition) is 0. The van der Waals surface area contributed by atoms with Crippen LogP contribution in [-0.4, -0.2) is 19.2 Å². The third kappa shape index (κ3) is 3.60. The maximum absolute atomic E-state index is 10.9. The number of esters is 1. The summed E-state index contributed by atoms with van der Waals surface area (Å²) >= 11 is 12.0. The van der Waals surface area contributed by atoms with Crippen LogP contribution in [0.15, 0.2) is 18.2 Å². The van der Waals surface area contributed by atoms with E-state index in [1.54, 1.807) is 25.1 Å². The third-order valence-electron chi connectivity index (χ3n) is 2.32. The van der Waals surface area contributed by atoms with E-state index in [4.69, 9.17) is 32.7 Å². The van der Waals surface area contributed by atoms with Crippen molar-refractivity contribution < 1.29 is 14.3 Å². The molecule has 94 valence electrons. The van der Waals surface area contributed by atoms with E-state index < -0.39 is 12.2 Å². The molecule has 1 aromatic rings. The second-order valence-electron chi connectivity index (χ2n) is 3.61. The molecule has 0 bridgehead atoms. The number of benzene rings is 1. The van der Waals surface area contributed by atoms with Crippen LogP contribution < -0.4 is 0 Å². The lowest BCUT2D eigenvalue weighted by Gasteiger charge is -2.23. The van der Waals surface area contributed by atoms with Gasteiger partial charge in [-0.3, -0.25) is 4.79 Å². The van der Waals surface area contributed by atoms with Gasteiger partial charge in [-0.1, -0.05) is 35.3 Å². The number of rotatable bonds is 4. The van der Waals surface area contributed by atoms with E-state index in [1.807, 2.05) is 0 Å². The first kappa shape index (κ1) is 14.3. The molecule has 5 heteroatoms. The summed E-state index contributed by atoms with van der Waals surface area (Å²) in [4.78, 5) is 10.9. The Morgan fingerprint density at radius 1 is 1.35 bits per heavy atom. The summed E-state index contributed by atoms with van der Waals surface area (Å²) in [6.07, 6.45) is -0.876. The maximum atomic E-state index is 10.9. The molecule has 0 aliphatic rings. The van der Waals surface area contributed by atoms with Gasteiger partial charge in [0, 0.05) is 19.6 Å². The Labute approximate surface area is 111 Å². The molecule has 1 aromatic carbocycles. The number of carbonyl (C=O) groups is 1. The average molecular weight is 277 g/mol. The molecule has 0 saturated carbocycles. The molecule has 0 aromatic heterocycles. The summed E-state index contributed by atoms with van der Waals surface area (Å²) in [5.74, 6) is -0.363. The molecule has 3 nitrogen and oxygen atoms in total. The summed E-state index contributed by atoms with van der Waals surface area (Å²) in [7, 11) is 1.53. The van der Waals surface area contributed by atoms with Gasteiger partial charge in [0.25, 0.3) is 0 Å². The zero-order valence-electron chi connectivity index (χ0n) is 9.87. The number of hydrogen-bond acceptors (Lipinski definition) is 3. The molecule has 0 radical (unpaired) electrons. The van der Waals surface area contributed by atoms with Crippen LogP contribution in [0.2, 0.25) is 10.0 Å². The molecule has 0 aliphatic carbocycles. The first-order valence-electron chi connectivity index (χ1n) is 5.11. The molecule has 2 atom stereocenters. The first-order chi connectivity index (χ1) is 7.97. The van der Waals surface area contributed by atoms with Gasteiger partial charge in [0.1, 0.15) is 12.2 Å². The van der Waals surface area contributed by atoms with Gasteiger partial charge in [-0.05, 0) is 13.0 Å². The Morgan fingerprint density at radius 2 is 2.00 bits per heavy atom. The van der Waals surface area contributed by atoms with E-state index in [2.05, 4.69) is 0 Å². The minimum atomic E-state index is -0.440. The quantitative estimate of drug-likeness (QED) is 0.788. The predicted octanol–water partition coefficient (Wildman–Crippen LogP) is 3.63. The average Bonchev–Trinajstić information content (AvgIpc) is 2.24. The van der Waals surface area contributed by atoms with Crippen molar-refractivity contribution in [1.29, 1.82) is 0 Å². The van der Waals surface area contributed by atoms with Crippen molar-refractivity contribution in [3.05, 3.63) is 33.8 Å². The molecule has 0 heterocycles. The minimum absolute atomic E-state index is 0.363. The van der Waals surface area contributed by atoms with Gasteiger partial charge in [-0.25, -0.2) is 0 Å². The van der Waals surface area contributed by atoms with Crippen molar-refractivity contribution in [1.82, 2.24) is 0 Å². The summed E-state index contributed by atoms with van der Waals surface area (Å²) < 4.78 is 10.4. The standard InChI is InChI=1S/C12H14Cl2O3/c1-7(17-8(2)15)12(16-3)9-5-4-6-10(13)11(9)14/h4-7,12H,1-3H3/t7-,12+/m0/s1. The van der Waals surface area contributed by atoms with Gasteiger partial charge in [0.2, 0.25) is 0 Å². The molecule has 1 rings (SSSR count). The largest absolute Gasteiger partial charge is 0.460 e. The fourth-order valence-corrected chi connectivity index (χ4v) is 2.05. The lowest BCUT2D eigenvalue weighted by atomic mass is 10.1. The minimum Gasteiger partial charge on any atom is -0.460 e. The number of carbonyl (C=O) groups excluding carboxylic acids is 1. The van der Waals surface area contributed by atoms with Crippen LogP contribution >= 0.6 is 23.2 Å². The molecule has 0 amide bonds. The van der Waals surface area contributed by atoms with Crippen LogP contribution in [0, 0.1) is 0 Å². The molecular weight excluding hydrogens is 263 g/mol. The van der Waals surface area contributed by atoms with Gasteiger partial charge in [0.05, 0.1) is 10.0 Å². The lowest BCUT2D eigenvalue weighted by Crippen LogP contribution is -2.23. The molecule has 17 heavy (non-hydrogen) atoms. The van der Waals surface area contributed by atoms with Crippen LogP contribution in [0.5, 0.6) is 0 Å². The fourth-order valence-electron chi connectivity index (χ4n) is 1.64. The summed E-state index contributed by atoms with van der Waals surface area (Å²) in [5, 5.41) is 0.862. The second kappa shape index (κ2) is 6.24. The van der Waals surface area contributed by atoms with E-state index in [0.717, 1.165) is 0 Å². The first-order valence-corrected chi connectivity index (χ1v) is 5.87. The molecular formula is C12H14Cl2O3. The summed E-state index contributed by atoms with van der Waals surface area (Å²) in [6.45, 7) is 3.09. The van der Waals surface area contributed by atoms with Crippen molar-refractivity contribution in [2.45, 2.75) is 26.1 Å². The fraction of sp³-hybridized carbons (Fsp3) is 0.417. The summed E-state index contributed by atoms with van der Waals surface area (Å²) in [6, 6.07) is 5.26. The van der Waals surface area contributed by atoms with E-state index in [1.165, 1.54) is 14.0 Å². The molecule has 0 aliphatic heterocycles. The second-order valence-corrected chi connectivity index (χ2v) is 4.40. The molecule has 0 N–H and O–H groups in total. The molecule has 0 unspecified atom stereocenters. The van der Waals surface area contributed by atoms with Crippen LogP contribution in [0.3, 0.4) is 0 Å². The summed E-state index contributed by atoms with van der Waals surface area (Å²) in [5.41, 5.74) is 0.704. The Bertz CT molecular complexity index is 407. The number of ether oxygens (including phenoxy) is 2. The zero-order valence-corrected chi connectivity index (χ0v) is 11.4. The van der Waals surface area contributed by atoms with Gasteiger partial charge in [-0.2, -0.15) is 0 Å². The maximum Gasteiger partial charge on any atom is 0.302 e. The van der Waals surface area contributed by atoms with Gasteiger partial charge < -0.3 is 9.47 Å². The number of halogens is 2. The molecule has 0 saturated heterocycles. The smallest absolute Gasteiger partial charge is 0.302 e. The van der Waals surface area contributed by atoms with E-state index in [9.17, 15) is 4.79 Å². The Morgan fingerprint density at radius 3 is 2.53 bits per heavy atom. The monoisotopic (exact) mass is 276 g/mol. The van der Waals surface area contributed by atoms with Crippen LogP contribution in [-0.2, 0) is 14.3 Å². The van der Waals surface area contributed by atoms with E-state index in [0.29, 0.717) is 15.6 Å². The highest BCUT2D eigenvalue weighted by molar-refractivity contribution is 6.42. The Hall–Kier alpha value is -0.770. The Balaban J connectivity index is 3.01. The van der Waals surface area contributed by atoms with Gasteiger partial charge >= 0.3 is 5.97 Å². The highest BCUT2D eigenvalue weighted by Gasteiger charge is 2.24. The van der Waals surface area contributed by atoms with Crippen LogP contribution in [0.1, 0.15) is 25.5 Å². The van der Waals surface area contributed by atoms with E-state index >= 15 is 0 Å². The third-order valence-corrected chi connectivity index (χ3v) is 3.15. The van der Waals surface area contributed by atoms with Crippen LogP contribution in [0.4, 0.5) is 0 Å². The highest BCUT2D eigenvalue weighted by Crippen LogP contribution is 2.33. The van der Waals surface area contributed by atoms with Gasteiger partial charge in [-0.15, -0.1) is 0 Å². The van der Waals surface area contributed by atoms with Crippen LogP contribution in [0.25, 0.3) is 0 Å². The predicted molar refractivity (Wildman–Crippen MR) is 67.4 cm³/mol. The van der Waals surface area contributed by atoms with Crippen molar-refractivity contribution >= 4 is 29.2 Å². The van der Waals surface area contributed by atoms with Gasteiger partial charge in [0.15, 0.2) is 0 Å². The Kier molecular flexibility index (Phi) is 5.25. The molecule has 0 fully saturated rings. The lowest BCUT2D eigenvalue weighted by molar-refractivity contribution is -0.152. The zero-order chi connectivity index (χ0) is 13.0. The molecule has 0 spiro atoms. The number of methoxy groups -OCH3 is 1. The van der Waals surface area contributed by atoms with Crippen molar-refractivity contribution in [2.75, 3.05) is 7.11 Å². The normalized spacial score (nSPS) is 14.2. The van der Waals surface area contributed by atoms with Crippen molar-refractivity contribution in [3.63, 3.8) is 0 Å². The van der Waals surface area contributed by atoms with Crippen molar-refractivity contribution in [3.8, 4) is 0 Å².